The second-order valence-electron chi connectivity index (χ2n) is 3.87. The number of nitrogens with two attached hydrogens (primary N) is 1. The Morgan fingerprint density at radius 3 is 2.47 bits per heavy atom. The van der Waals surface area contributed by atoms with E-state index in [4.69, 9.17) is 0 Å². The summed E-state index contributed by atoms with van der Waals surface area (Å²) in [6.45, 7) is 3.65. The van der Waals surface area contributed by atoms with Gasteiger partial charge < -0.3 is 5.32 Å². The first-order valence-electron chi connectivity index (χ1n) is 5.53. The van der Waals surface area contributed by atoms with Crippen molar-refractivity contribution in [2.45, 2.75) is 19.9 Å². The molecule has 0 radical (unpaired) electrons. The van der Waals surface area contributed by atoms with Gasteiger partial charge in [0.25, 0.3) is 5.91 Å². The average molecular weight is 236 g/mol. The molecule has 1 aromatic rings. The van der Waals surface area contributed by atoms with Gasteiger partial charge in [-0.15, -0.1) is 0 Å². The van der Waals surface area contributed by atoms with Crippen molar-refractivity contribution >= 4 is 11.8 Å². The number of rotatable bonds is 4. The average Bonchev–Trinajstić information content (AvgIpc) is 2.34. The van der Waals surface area contributed by atoms with Gasteiger partial charge >= 0.3 is 0 Å². The van der Waals surface area contributed by atoms with Crippen molar-refractivity contribution in [3.63, 3.8) is 0 Å². The van der Waals surface area contributed by atoms with Gasteiger partial charge in [-0.25, -0.2) is 0 Å². The number of nitrogens with one attached hydrogen (secondary N) is 2. The van der Waals surface area contributed by atoms with E-state index in [1.807, 2.05) is 42.6 Å². The summed E-state index contributed by atoms with van der Waals surface area (Å²) in [7, 11) is 0. The summed E-state index contributed by atoms with van der Waals surface area (Å²) in [4.78, 5) is 21.9. The van der Waals surface area contributed by atoms with Crippen LogP contribution < -0.4 is 16.2 Å². The third-order valence-electron chi connectivity index (χ3n) is 2.36. The van der Waals surface area contributed by atoms with Crippen molar-refractivity contribution in [3.8, 4) is 0 Å². The van der Waals surface area contributed by atoms with E-state index in [9.17, 15) is 9.59 Å². The van der Waals surface area contributed by atoms with E-state index < -0.39 is 0 Å². The molecule has 0 aliphatic rings. The summed E-state index contributed by atoms with van der Waals surface area (Å²) in [6.07, 6.45) is 0. The highest BCUT2D eigenvalue weighted by Gasteiger charge is 2.10. The Labute approximate surface area is 101 Å². The standard InChI is InChI=1S/C12H17N3O2/c1-9(11-6-4-3-5-7-11)13-8-12(17)15-14-10(2)16/h3-7,9,13H,8H2,1-2H3,(H,14,16)(H,15,17)/p+1/t9-/m1/s1. The van der Waals surface area contributed by atoms with Crippen LogP contribution in [-0.2, 0) is 9.59 Å². The van der Waals surface area contributed by atoms with Crippen LogP contribution in [0.1, 0.15) is 25.5 Å². The number of hydrogen-bond acceptors (Lipinski definition) is 2. The lowest BCUT2D eigenvalue weighted by Gasteiger charge is -2.10. The van der Waals surface area contributed by atoms with E-state index in [0.717, 1.165) is 0 Å². The van der Waals surface area contributed by atoms with Gasteiger partial charge in [-0.3, -0.25) is 20.4 Å². The third kappa shape index (κ3) is 5.12. The van der Waals surface area contributed by atoms with Crippen LogP contribution >= 0.6 is 0 Å². The van der Waals surface area contributed by atoms with Crippen molar-refractivity contribution in [1.82, 2.24) is 10.9 Å². The molecule has 2 amide bonds. The minimum Gasteiger partial charge on any atom is -0.332 e. The van der Waals surface area contributed by atoms with Crippen molar-refractivity contribution < 1.29 is 14.9 Å². The quantitative estimate of drug-likeness (QED) is 0.615. The lowest BCUT2D eigenvalue weighted by Crippen LogP contribution is -2.87. The van der Waals surface area contributed by atoms with Crippen LogP contribution in [0.2, 0.25) is 0 Å². The van der Waals surface area contributed by atoms with Gasteiger partial charge in [0, 0.05) is 12.5 Å². The molecule has 17 heavy (non-hydrogen) atoms. The first-order chi connectivity index (χ1) is 8.09. The van der Waals surface area contributed by atoms with Crippen molar-refractivity contribution in [2.24, 2.45) is 0 Å². The topological polar surface area (TPSA) is 74.8 Å². The van der Waals surface area contributed by atoms with E-state index >= 15 is 0 Å². The lowest BCUT2D eigenvalue weighted by molar-refractivity contribution is -0.682. The Bertz CT molecular complexity index is 379. The first kappa shape index (κ1) is 13.2. The molecule has 1 aromatic carbocycles. The van der Waals surface area contributed by atoms with Gasteiger partial charge in [0.15, 0.2) is 6.54 Å². The molecule has 0 saturated carbocycles. The zero-order valence-electron chi connectivity index (χ0n) is 10.1. The lowest BCUT2D eigenvalue weighted by atomic mass is 10.1. The van der Waals surface area contributed by atoms with Crippen molar-refractivity contribution in [3.05, 3.63) is 35.9 Å². The molecule has 0 aliphatic heterocycles. The van der Waals surface area contributed by atoms with E-state index in [2.05, 4.69) is 10.9 Å². The summed E-state index contributed by atoms with van der Waals surface area (Å²) in [5.74, 6) is -0.502. The molecule has 0 aromatic heterocycles. The molecule has 0 fully saturated rings. The van der Waals surface area contributed by atoms with Gasteiger partial charge in [0.2, 0.25) is 5.91 Å². The maximum Gasteiger partial charge on any atom is 0.293 e. The molecule has 5 heteroatoms. The van der Waals surface area contributed by atoms with Crippen LogP contribution in [-0.4, -0.2) is 18.4 Å². The second-order valence-corrected chi connectivity index (χ2v) is 3.87. The Morgan fingerprint density at radius 1 is 1.24 bits per heavy atom. The minimum atomic E-state index is -0.283. The fourth-order valence-electron chi connectivity index (χ4n) is 1.39. The molecule has 0 aliphatic carbocycles. The van der Waals surface area contributed by atoms with Crippen LogP contribution in [0.5, 0.6) is 0 Å². The minimum absolute atomic E-state index is 0.208. The molecule has 1 atom stereocenters. The van der Waals surface area contributed by atoms with Gasteiger partial charge in [0.05, 0.1) is 0 Å². The molecular formula is C12H18N3O2+. The van der Waals surface area contributed by atoms with Crippen LogP contribution in [0.15, 0.2) is 30.3 Å². The predicted octanol–water partition coefficient (Wildman–Crippen LogP) is -0.522. The molecule has 0 bridgehead atoms. The third-order valence-corrected chi connectivity index (χ3v) is 2.36. The number of carbonyl (C=O) groups excluding carboxylic acids is 2. The van der Waals surface area contributed by atoms with Crippen molar-refractivity contribution in [2.75, 3.05) is 6.54 Å². The first-order valence-corrected chi connectivity index (χ1v) is 5.53. The number of benzene rings is 1. The maximum absolute atomic E-state index is 11.3. The molecule has 0 heterocycles. The molecule has 5 nitrogen and oxygen atoms in total. The zero-order chi connectivity index (χ0) is 12.7. The Kier molecular flexibility index (Phi) is 5.16. The molecule has 4 N–H and O–H groups in total. The largest absolute Gasteiger partial charge is 0.332 e. The predicted molar refractivity (Wildman–Crippen MR) is 63.6 cm³/mol. The SMILES string of the molecule is CC(=O)NNC(=O)C[NH2+][C@H](C)c1ccccc1. The number of hydrazine groups is 1. The molecule has 0 unspecified atom stereocenters. The van der Waals surface area contributed by atoms with E-state index in [1.54, 1.807) is 0 Å². The van der Waals surface area contributed by atoms with E-state index in [0.29, 0.717) is 0 Å². The van der Waals surface area contributed by atoms with Gasteiger partial charge in [-0.05, 0) is 6.92 Å². The maximum atomic E-state index is 11.3. The van der Waals surface area contributed by atoms with Gasteiger partial charge in [0.1, 0.15) is 6.04 Å². The summed E-state index contributed by atoms with van der Waals surface area (Å²) < 4.78 is 0. The molecule has 0 saturated heterocycles. The highest BCUT2D eigenvalue weighted by molar-refractivity contribution is 5.81. The zero-order valence-corrected chi connectivity index (χ0v) is 10.1. The smallest absolute Gasteiger partial charge is 0.293 e. The Morgan fingerprint density at radius 2 is 1.88 bits per heavy atom. The van der Waals surface area contributed by atoms with Crippen LogP contribution in [0.4, 0.5) is 0 Å². The highest BCUT2D eigenvalue weighted by atomic mass is 16.2. The molecule has 1 rings (SSSR count). The number of carbonyl (C=O) groups is 2. The fraction of sp³-hybridized carbons (Fsp3) is 0.333. The van der Waals surface area contributed by atoms with Crippen LogP contribution in [0.25, 0.3) is 0 Å². The molecule has 92 valence electrons. The fourth-order valence-corrected chi connectivity index (χ4v) is 1.39. The number of hydrogen-bond donors (Lipinski definition) is 3. The van der Waals surface area contributed by atoms with Crippen molar-refractivity contribution in [1.29, 1.82) is 0 Å². The Balaban J connectivity index is 2.31. The monoisotopic (exact) mass is 236 g/mol. The summed E-state index contributed by atoms with van der Waals surface area (Å²) in [6, 6.07) is 10.1. The number of amides is 2. The molecule has 0 spiro atoms. The summed E-state index contributed by atoms with van der Waals surface area (Å²) in [5.41, 5.74) is 5.74. The second kappa shape index (κ2) is 6.65. The summed E-state index contributed by atoms with van der Waals surface area (Å²) in [5, 5.41) is 1.91. The molecular weight excluding hydrogens is 218 g/mol. The number of quaternary nitrogens is 1. The highest BCUT2D eigenvalue weighted by Crippen LogP contribution is 2.05. The van der Waals surface area contributed by atoms with E-state index in [-0.39, 0.29) is 24.4 Å². The van der Waals surface area contributed by atoms with Gasteiger partial charge in [-0.2, -0.15) is 0 Å². The Hall–Kier alpha value is -1.88. The van der Waals surface area contributed by atoms with Crippen LogP contribution in [0, 0.1) is 0 Å². The van der Waals surface area contributed by atoms with E-state index in [1.165, 1.54) is 12.5 Å². The van der Waals surface area contributed by atoms with Crippen LogP contribution in [0.3, 0.4) is 0 Å². The summed E-state index contributed by atoms with van der Waals surface area (Å²) >= 11 is 0. The van der Waals surface area contributed by atoms with Gasteiger partial charge in [-0.1, -0.05) is 30.3 Å². The normalized spacial score (nSPS) is 11.6.